The standard InChI is InChI=1S/C23H25Cl2F3N6O3S/c1-12(32-19(36)8-15(24)20(29-2)34-5-3-13(11-35)4-6-34)22-31-10-17(38-22)21(37)33-18-7-14(23(26,27)28)16(25)9-30-18/h7-10,12-13,35H,3-6,11H2,1-2H3,(H,32,36)(H,30,33,37)/b15-8-,29-20?. The zero-order valence-electron chi connectivity index (χ0n) is 20.4. The van der Waals surface area contributed by atoms with Crippen LogP contribution in [-0.2, 0) is 11.0 Å². The van der Waals surface area contributed by atoms with E-state index in [0.29, 0.717) is 30.0 Å². The number of thiazole rings is 1. The highest BCUT2D eigenvalue weighted by Gasteiger charge is 2.34. The van der Waals surface area contributed by atoms with Crippen LogP contribution in [0, 0.1) is 5.92 Å². The molecule has 2 aromatic rings. The number of likely N-dealkylation sites (tertiary alicyclic amines) is 1. The summed E-state index contributed by atoms with van der Waals surface area (Å²) < 4.78 is 39.2. The summed E-state index contributed by atoms with van der Waals surface area (Å²) in [6, 6.07) is 0.0478. The molecule has 38 heavy (non-hydrogen) atoms. The molecule has 0 aromatic carbocycles. The first-order valence-corrected chi connectivity index (χ1v) is 13.0. The molecule has 206 valence electrons. The number of pyridine rings is 1. The minimum atomic E-state index is -4.71. The van der Waals surface area contributed by atoms with Gasteiger partial charge in [0.25, 0.3) is 5.91 Å². The van der Waals surface area contributed by atoms with Crippen LogP contribution in [-0.4, -0.2) is 64.4 Å². The Bertz CT molecular complexity index is 1230. The molecule has 2 aromatic heterocycles. The number of amidine groups is 1. The molecule has 0 bridgehead atoms. The van der Waals surface area contributed by atoms with Gasteiger partial charge in [-0.1, -0.05) is 23.2 Å². The number of aliphatic hydroxyl groups is 1. The van der Waals surface area contributed by atoms with E-state index in [-0.39, 0.29) is 28.3 Å². The molecule has 3 heterocycles. The number of halogens is 5. The summed E-state index contributed by atoms with van der Waals surface area (Å²) in [6.07, 6.45) is 0.146. The number of aliphatic imine (C=N–C) groups is 1. The normalized spacial score (nSPS) is 16.4. The highest BCUT2D eigenvalue weighted by Crippen LogP contribution is 2.35. The maximum atomic E-state index is 13.1. The molecular weight excluding hydrogens is 568 g/mol. The van der Waals surface area contributed by atoms with Gasteiger partial charge in [0.05, 0.1) is 27.9 Å². The van der Waals surface area contributed by atoms with E-state index >= 15 is 0 Å². The summed E-state index contributed by atoms with van der Waals surface area (Å²) in [4.78, 5) is 39.2. The second-order valence-corrected chi connectivity index (χ2v) is 10.3. The minimum absolute atomic E-state index is 0.103. The van der Waals surface area contributed by atoms with E-state index in [1.54, 1.807) is 14.0 Å². The highest BCUT2D eigenvalue weighted by atomic mass is 35.5. The molecule has 1 unspecified atom stereocenters. The molecule has 1 atom stereocenters. The maximum absolute atomic E-state index is 13.1. The largest absolute Gasteiger partial charge is 0.418 e. The zero-order valence-corrected chi connectivity index (χ0v) is 22.7. The van der Waals surface area contributed by atoms with Crippen LogP contribution in [0.3, 0.4) is 0 Å². The van der Waals surface area contributed by atoms with Gasteiger partial charge in [0, 0.05) is 39.0 Å². The minimum Gasteiger partial charge on any atom is -0.396 e. The Kier molecular flexibility index (Phi) is 10.1. The number of amides is 2. The molecule has 1 aliphatic rings. The maximum Gasteiger partial charge on any atom is 0.418 e. The van der Waals surface area contributed by atoms with Crippen LogP contribution in [0.15, 0.2) is 34.6 Å². The van der Waals surface area contributed by atoms with Crippen molar-refractivity contribution in [2.75, 3.05) is 32.1 Å². The van der Waals surface area contributed by atoms with Gasteiger partial charge in [0.1, 0.15) is 21.5 Å². The predicted molar refractivity (Wildman–Crippen MR) is 140 cm³/mol. The van der Waals surface area contributed by atoms with Gasteiger partial charge in [-0.25, -0.2) is 9.97 Å². The van der Waals surface area contributed by atoms with Crippen LogP contribution in [0.25, 0.3) is 0 Å². The summed E-state index contributed by atoms with van der Waals surface area (Å²) in [5, 5.41) is 14.3. The number of carbonyl (C=O) groups is 2. The molecule has 9 nitrogen and oxygen atoms in total. The number of nitrogens with one attached hydrogen (secondary N) is 2. The second-order valence-electron chi connectivity index (χ2n) is 8.45. The fourth-order valence-corrected chi connectivity index (χ4v) is 5.05. The third-order valence-corrected chi connectivity index (χ3v) is 7.49. The van der Waals surface area contributed by atoms with Gasteiger partial charge in [0.2, 0.25) is 5.91 Å². The van der Waals surface area contributed by atoms with Crippen molar-refractivity contribution in [2.24, 2.45) is 10.9 Å². The zero-order chi connectivity index (χ0) is 28.0. The van der Waals surface area contributed by atoms with Crippen LogP contribution >= 0.6 is 34.5 Å². The lowest BCUT2D eigenvalue weighted by molar-refractivity contribution is -0.137. The number of rotatable bonds is 7. The van der Waals surface area contributed by atoms with Gasteiger partial charge in [-0.3, -0.25) is 14.6 Å². The van der Waals surface area contributed by atoms with Gasteiger partial charge in [-0.15, -0.1) is 11.3 Å². The van der Waals surface area contributed by atoms with Gasteiger partial charge in [0.15, 0.2) is 0 Å². The van der Waals surface area contributed by atoms with E-state index in [4.69, 9.17) is 23.2 Å². The molecule has 1 fully saturated rings. The van der Waals surface area contributed by atoms with Crippen LogP contribution in [0.4, 0.5) is 19.0 Å². The molecular formula is C23H25Cl2F3N6O3S. The van der Waals surface area contributed by atoms with Crippen molar-refractivity contribution in [2.45, 2.75) is 32.0 Å². The number of carbonyl (C=O) groups excluding carboxylic acids is 2. The Hall–Kier alpha value is -2.74. The molecule has 0 radical (unpaired) electrons. The van der Waals surface area contributed by atoms with Crippen LogP contribution in [0.5, 0.6) is 0 Å². The lowest BCUT2D eigenvalue weighted by Gasteiger charge is -2.33. The van der Waals surface area contributed by atoms with Crippen LogP contribution in [0.1, 0.15) is 46.0 Å². The summed E-state index contributed by atoms with van der Waals surface area (Å²) in [6.45, 7) is 3.11. The van der Waals surface area contributed by atoms with E-state index in [2.05, 4.69) is 25.6 Å². The Morgan fingerprint density at radius 3 is 2.61 bits per heavy atom. The third-order valence-electron chi connectivity index (χ3n) is 5.73. The van der Waals surface area contributed by atoms with Gasteiger partial charge >= 0.3 is 6.18 Å². The lowest BCUT2D eigenvalue weighted by Crippen LogP contribution is -2.39. The molecule has 2 amide bonds. The summed E-state index contributed by atoms with van der Waals surface area (Å²) in [7, 11) is 1.58. The average Bonchev–Trinajstić information content (AvgIpc) is 3.36. The van der Waals surface area contributed by atoms with Crippen LogP contribution < -0.4 is 10.6 Å². The number of anilines is 1. The fourth-order valence-electron chi connectivity index (χ4n) is 3.72. The first kappa shape index (κ1) is 29.8. The lowest BCUT2D eigenvalue weighted by atomic mass is 9.98. The van der Waals surface area contributed by atoms with E-state index in [1.165, 1.54) is 12.3 Å². The second kappa shape index (κ2) is 12.9. The Labute approximate surface area is 230 Å². The highest BCUT2D eigenvalue weighted by molar-refractivity contribution is 7.13. The van der Waals surface area contributed by atoms with Crippen molar-refractivity contribution >= 4 is 58.0 Å². The predicted octanol–water partition coefficient (Wildman–Crippen LogP) is 4.50. The molecule has 0 aliphatic carbocycles. The van der Waals surface area contributed by atoms with E-state index in [1.807, 2.05) is 4.90 Å². The van der Waals surface area contributed by atoms with E-state index in [0.717, 1.165) is 30.4 Å². The molecule has 1 aliphatic heterocycles. The quantitative estimate of drug-likeness (QED) is 0.247. The molecule has 0 saturated carbocycles. The average molecular weight is 593 g/mol. The number of hydrogen-bond donors (Lipinski definition) is 3. The smallest absolute Gasteiger partial charge is 0.396 e. The summed E-state index contributed by atoms with van der Waals surface area (Å²) in [5.74, 6) is -0.825. The Morgan fingerprint density at radius 2 is 2.00 bits per heavy atom. The number of alkyl halides is 3. The number of nitrogens with zero attached hydrogens (tertiary/aromatic N) is 4. The van der Waals surface area contributed by atoms with Crippen molar-refractivity contribution in [3.63, 3.8) is 0 Å². The van der Waals surface area contributed by atoms with Crippen molar-refractivity contribution in [1.82, 2.24) is 20.2 Å². The Balaban J connectivity index is 1.61. The number of aliphatic hydroxyl groups excluding tert-OH is 1. The first-order valence-electron chi connectivity index (χ1n) is 11.4. The summed E-state index contributed by atoms with van der Waals surface area (Å²) >= 11 is 12.9. The molecule has 3 rings (SSSR count). The topological polar surface area (TPSA) is 120 Å². The molecule has 1 saturated heterocycles. The molecule has 3 N–H and O–H groups in total. The van der Waals surface area contributed by atoms with Crippen LogP contribution in [0.2, 0.25) is 5.02 Å². The van der Waals surface area contributed by atoms with Crippen molar-refractivity contribution in [3.05, 3.63) is 50.0 Å². The van der Waals surface area contributed by atoms with Crippen molar-refractivity contribution < 1.29 is 27.9 Å². The monoisotopic (exact) mass is 592 g/mol. The number of piperidine rings is 1. The Morgan fingerprint density at radius 1 is 1.32 bits per heavy atom. The molecule has 0 spiro atoms. The third kappa shape index (κ3) is 7.65. The van der Waals surface area contributed by atoms with E-state index < -0.39 is 34.6 Å². The van der Waals surface area contributed by atoms with Crippen molar-refractivity contribution in [3.8, 4) is 0 Å². The van der Waals surface area contributed by atoms with Gasteiger partial charge in [-0.2, -0.15) is 13.2 Å². The summed E-state index contributed by atoms with van der Waals surface area (Å²) in [5.41, 5.74) is -1.12. The van der Waals surface area contributed by atoms with E-state index in [9.17, 15) is 27.9 Å². The van der Waals surface area contributed by atoms with Gasteiger partial charge in [-0.05, 0) is 31.7 Å². The van der Waals surface area contributed by atoms with Crippen molar-refractivity contribution in [1.29, 1.82) is 0 Å². The molecule has 15 heteroatoms. The number of aromatic nitrogens is 2. The number of hydrogen-bond acceptors (Lipinski definition) is 7. The van der Waals surface area contributed by atoms with Gasteiger partial charge < -0.3 is 20.6 Å². The first-order chi connectivity index (χ1) is 17.9. The SMILES string of the molecule is CN=C(/C(Cl)=C/C(=O)NC(C)c1ncc(C(=O)Nc2cc(C(F)(F)F)c(Cl)cn2)s1)N1CCC(CO)CC1. The fraction of sp³-hybridized carbons (Fsp3) is 0.435.